The normalized spacial score (nSPS) is 12.0. The maximum atomic E-state index is 4.83. The molecule has 0 saturated heterocycles. The van der Waals surface area contributed by atoms with Crippen molar-refractivity contribution in [3.8, 4) is 0 Å². The van der Waals surface area contributed by atoms with Gasteiger partial charge in [0.25, 0.3) is 0 Å². The molecule has 50 valence electrons. The van der Waals surface area contributed by atoms with Crippen molar-refractivity contribution in [2.24, 2.45) is 5.90 Å². The van der Waals surface area contributed by atoms with E-state index in [0.29, 0.717) is 6.61 Å². The monoisotopic (exact) mass is 119 g/mol. The first kappa shape index (κ1) is 7.88. The maximum Gasteiger partial charge on any atom is 0.117 e. The van der Waals surface area contributed by atoms with Crippen molar-refractivity contribution < 1.29 is 9.32 Å². The number of rotatable bonds is 3. The molecule has 2 N–H and O–H groups in total. The summed E-state index contributed by atoms with van der Waals surface area (Å²) in [5, 5.41) is 0. The molecule has 0 unspecified atom stereocenters. The van der Waals surface area contributed by atoms with Crippen molar-refractivity contribution in [2.45, 2.75) is 0 Å². The van der Waals surface area contributed by atoms with Gasteiger partial charge in [-0.15, -0.1) is 0 Å². The lowest BCUT2D eigenvalue weighted by Crippen LogP contribution is -2.38. The van der Waals surface area contributed by atoms with Gasteiger partial charge in [-0.3, -0.25) is 4.84 Å². The zero-order chi connectivity index (χ0) is 6.62. The smallest absolute Gasteiger partial charge is 0.117 e. The van der Waals surface area contributed by atoms with E-state index in [1.54, 1.807) is 0 Å². The van der Waals surface area contributed by atoms with Gasteiger partial charge < -0.3 is 4.48 Å². The molecule has 0 rings (SSSR count). The van der Waals surface area contributed by atoms with Crippen molar-refractivity contribution in [3.05, 3.63) is 0 Å². The molecule has 0 aromatic heterocycles. The van der Waals surface area contributed by atoms with Gasteiger partial charge in [0.1, 0.15) is 13.2 Å². The average Bonchev–Trinajstić information content (AvgIpc) is 1.59. The molecule has 0 bridgehead atoms. The van der Waals surface area contributed by atoms with Crippen LogP contribution >= 0.6 is 0 Å². The molecule has 0 aliphatic carbocycles. The van der Waals surface area contributed by atoms with Crippen molar-refractivity contribution in [1.29, 1.82) is 0 Å². The SMILES string of the molecule is C[N+](C)(C)CCON. The zero-order valence-corrected chi connectivity index (χ0v) is 5.85. The summed E-state index contributed by atoms with van der Waals surface area (Å²) in [5.41, 5.74) is 0. The Labute approximate surface area is 50.6 Å². The molecule has 0 aliphatic heterocycles. The van der Waals surface area contributed by atoms with E-state index in [2.05, 4.69) is 26.0 Å². The molecule has 0 spiro atoms. The van der Waals surface area contributed by atoms with E-state index in [1.165, 1.54) is 0 Å². The van der Waals surface area contributed by atoms with Crippen LogP contribution in [0.5, 0.6) is 0 Å². The summed E-state index contributed by atoms with van der Waals surface area (Å²) in [6.45, 7) is 1.58. The summed E-state index contributed by atoms with van der Waals surface area (Å²) in [6.07, 6.45) is 0. The quantitative estimate of drug-likeness (QED) is 0.404. The average molecular weight is 119 g/mol. The van der Waals surface area contributed by atoms with Gasteiger partial charge in [0, 0.05) is 0 Å². The molecule has 0 aromatic carbocycles. The van der Waals surface area contributed by atoms with Crippen molar-refractivity contribution in [2.75, 3.05) is 34.3 Å². The minimum Gasteiger partial charge on any atom is -0.329 e. The van der Waals surface area contributed by atoms with Crippen LogP contribution in [-0.4, -0.2) is 38.8 Å². The highest BCUT2D eigenvalue weighted by Gasteiger charge is 2.03. The van der Waals surface area contributed by atoms with E-state index in [4.69, 9.17) is 5.90 Å². The molecule has 3 nitrogen and oxygen atoms in total. The van der Waals surface area contributed by atoms with Gasteiger partial charge in [-0.1, -0.05) is 0 Å². The van der Waals surface area contributed by atoms with Gasteiger partial charge in [0.15, 0.2) is 0 Å². The summed E-state index contributed by atoms with van der Waals surface area (Å²) >= 11 is 0. The summed E-state index contributed by atoms with van der Waals surface area (Å²) < 4.78 is 0.900. The topological polar surface area (TPSA) is 35.2 Å². The van der Waals surface area contributed by atoms with Crippen LogP contribution < -0.4 is 5.90 Å². The van der Waals surface area contributed by atoms with Crippen LogP contribution in [0.3, 0.4) is 0 Å². The summed E-state index contributed by atoms with van der Waals surface area (Å²) in [4.78, 5) is 4.40. The van der Waals surface area contributed by atoms with Crippen LogP contribution in [-0.2, 0) is 4.84 Å². The lowest BCUT2D eigenvalue weighted by Gasteiger charge is -2.22. The van der Waals surface area contributed by atoms with Gasteiger partial charge in [-0.25, -0.2) is 5.90 Å². The molecule has 8 heavy (non-hydrogen) atoms. The second-order valence-corrected chi connectivity index (χ2v) is 2.88. The Bertz CT molecular complexity index is 57.9. The first-order chi connectivity index (χ1) is 3.56. The van der Waals surface area contributed by atoms with E-state index in [9.17, 15) is 0 Å². The van der Waals surface area contributed by atoms with Gasteiger partial charge in [-0.05, 0) is 0 Å². The third-order valence-corrected chi connectivity index (χ3v) is 0.880. The molecule has 0 atom stereocenters. The van der Waals surface area contributed by atoms with Gasteiger partial charge in [-0.2, -0.15) is 0 Å². The Balaban J connectivity index is 3.11. The number of likely N-dealkylation sites (N-methyl/N-ethyl adjacent to an activating group) is 1. The standard InChI is InChI=1S/C5H15N2O/c1-7(2,3)4-5-8-6/h4-6H2,1-3H3/q+1. The second kappa shape index (κ2) is 3.02. The lowest BCUT2D eigenvalue weighted by molar-refractivity contribution is -0.870. The van der Waals surface area contributed by atoms with E-state index in [0.717, 1.165) is 11.0 Å². The largest absolute Gasteiger partial charge is 0.329 e. The van der Waals surface area contributed by atoms with Gasteiger partial charge in [0.2, 0.25) is 0 Å². The minimum atomic E-state index is 0.628. The van der Waals surface area contributed by atoms with Crippen LogP contribution in [0.4, 0.5) is 0 Å². The highest BCUT2D eigenvalue weighted by molar-refractivity contribution is 4.21. The predicted molar refractivity (Wildman–Crippen MR) is 33.0 cm³/mol. The second-order valence-electron chi connectivity index (χ2n) is 2.88. The van der Waals surface area contributed by atoms with Crippen molar-refractivity contribution >= 4 is 0 Å². The Morgan fingerprint density at radius 3 is 2.00 bits per heavy atom. The van der Waals surface area contributed by atoms with E-state index >= 15 is 0 Å². The molecule has 0 saturated carbocycles. The Kier molecular flexibility index (Phi) is 2.97. The highest BCUT2D eigenvalue weighted by atomic mass is 16.6. The number of nitrogens with two attached hydrogens (primary N) is 1. The predicted octanol–water partition coefficient (Wildman–Crippen LogP) is -0.417. The van der Waals surface area contributed by atoms with E-state index in [1.807, 2.05) is 0 Å². The fourth-order valence-corrected chi connectivity index (χ4v) is 0.327. The van der Waals surface area contributed by atoms with E-state index in [-0.39, 0.29) is 0 Å². The summed E-state index contributed by atoms with van der Waals surface area (Å²) in [5.74, 6) is 4.83. The third-order valence-electron chi connectivity index (χ3n) is 0.880. The third kappa shape index (κ3) is 5.88. The Morgan fingerprint density at radius 1 is 1.38 bits per heavy atom. The van der Waals surface area contributed by atoms with Gasteiger partial charge >= 0.3 is 0 Å². The molecule has 0 fully saturated rings. The molecule has 0 heterocycles. The number of hydrogen-bond acceptors (Lipinski definition) is 2. The zero-order valence-electron chi connectivity index (χ0n) is 5.85. The Morgan fingerprint density at radius 2 is 1.88 bits per heavy atom. The van der Waals surface area contributed by atoms with Crippen LogP contribution in [0.1, 0.15) is 0 Å². The number of nitrogens with zero attached hydrogens (tertiary/aromatic N) is 1. The minimum absolute atomic E-state index is 0.628. The van der Waals surface area contributed by atoms with Gasteiger partial charge in [0.05, 0.1) is 21.1 Å². The fourth-order valence-electron chi connectivity index (χ4n) is 0.327. The van der Waals surface area contributed by atoms with Crippen LogP contribution in [0.15, 0.2) is 0 Å². The molecule has 3 heteroatoms. The number of quaternary nitrogens is 1. The molecule has 0 aliphatic rings. The molecular weight excluding hydrogens is 104 g/mol. The maximum absolute atomic E-state index is 4.83. The molecule has 0 amide bonds. The highest BCUT2D eigenvalue weighted by Crippen LogP contribution is 1.86. The molecule has 0 aromatic rings. The lowest BCUT2D eigenvalue weighted by atomic mass is 10.5. The molecule has 0 radical (unpaired) electrons. The van der Waals surface area contributed by atoms with Crippen LogP contribution in [0.2, 0.25) is 0 Å². The van der Waals surface area contributed by atoms with Crippen LogP contribution in [0, 0.1) is 0 Å². The van der Waals surface area contributed by atoms with Crippen molar-refractivity contribution in [3.63, 3.8) is 0 Å². The summed E-state index contributed by atoms with van der Waals surface area (Å²) in [6, 6.07) is 0. The fraction of sp³-hybridized carbons (Fsp3) is 1.00. The molecular formula is C5H15N2O+. The first-order valence-corrected chi connectivity index (χ1v) is 2.68. The van der Waals surface area contributed by atoms with Crippen molar-refractivity contribution in [1.82, 2.24) is 0 Å². The summed E-state index contributed by atoms with van der Waals surface area (Å²) in [7, 11) is 6.29. The first-order valence-electron chi connectivity index (χ1n) is 2.68. The van der Waals surface area contributed by atoms with E-state index < -0.39 is 0 Å². The number of hydrogen-bond donors (Lipinski definition) is 1. The van der Waals surface area contributed by atoms with Crippen LogP contribution in [0.25, 0.3) is 0 Å². The Hall–Kier alpha value is -0.120.